The van der Waals surface area contributed by atoms with Crippen LogP contribution in [0.15, 0.2) is 54.9 Å². The van der Waals surface area contributed by atoms with Crippen LogP contribution in [-0.2, 0) is 19.2 Å². The van der Waals surface area contributed by atoms with E-state index in [1.54, 1.807) is 0 Å². The summed E-state index contributed by atoms with van der Waals surface area (Å²) in [6.07, 6.45) is 4.66. The minimum absolute atomic E-state index is 0.0359. The van der Waals surface area contributed by atoms with E-state index in [2.05, 4.69) is 15.6 Å². The Morgan fingerprint density at radius 2 is 1.10 bits per heavy atom. The second-order valence-electron chi connectivity index (χ2n) is 6.80. The smallest absolute Gasteiger partial charge is 0.328 e. The molecule has 0 spiro atoms. The summed E-state index contributed by atoms with van der Waals surface area (Å²) in [6, 6.07) is 3.54. The first kappa shape index (κ1) is 21.5. The molecule has 40 heavy (non-hydrogen) atoms. The number of carbonyl (C=O) groups is 6. The summed E-state index contributed by atoms with van der Waals surface area (Å²) in [5.41, 5.74) is 9.12. The third kappa shape index (κ3) is 10.2. The third-order valence-corrected chi connectivity index (χ3v) is 4.25. The number of anilines is 2. The first-order valence-electron chi connectivity index (χ1n) is 14.4. The van der Waals surface area contributed by atoms with Gasteiger partial charge in [-0.3, -0.25) is 14.6 Å². The van der Waals surface area contributed by atoms with Crippen LogP contribution in [0.4, 0.5) is 11.4 Å². The Hall–Kier alpha value is -5.41. The largest absolute Gasteiger partial charge is 0.478 e. The lowest BCUT2D eigenvalue weighted by molar-refractivity contribution is -0.134. The molecule has 0 bridgehead atoms. The van der Waals surface area contributed by atoms with Crippen molar-refractivity contribution in [3.05, 3.63) is 77.2 Å². The number of ketones is 2. The molecule has 15 heteroatoms. The van der Waals surface area contributed by atoms with Crippen molar-refractivity contribution >= 4 is 46.8 Å². The van der Waals surface area contributed by atoms with Crippen molar-refractivity contribution in [3.63, 3.8) is 0 Å². The van der Waals surface area contributed by atoms with Gasteiger partial charge in [-0.2, -0.15) is 0 Å². The molecule has 10 N–H and O–H groups in total. The zero-order valence-electron chi connectivity index (χ0n) is 28.0. The number of aliphatic carboxylic acids is 4. The second-order valence-corrected chi connectivity index (χ2v) is 6.80. The van der Waals surface area contributed by atoms with Crippen LogP contribution in [0.3, 0.4) is 0 Å². The van der Waals surface area contributed by atoms with Crippen molar-refractivity contribution in [3.8, 4) is 0 Å². The summed E-state index contributed by atoms with van der Waals surface area (Å²) < 4.78 is 61.5. The van der Waals surface area contributed by atoms with Crippen LogP contribution in [-0.4, -0.2) is 86.8 Å². The minimum Gasteiger partial charge on any atom is -0.478 e. The normalized spacial score (nSPS) is 15.8. The Kier molecular flexibility index (Phi) is 8.84. The van der Waals surface area contributed by atoms with Crippen LogP contribution in [0, 0.1) is 0 Å². The average molecular weight is 566 g/mol. The van der Waals surface area contributed by atoms with Crippen LogP contribution < -0.4 is 22.1 Å². The number of carbonyl (C=O) groups excluding carboxylic acids is 2. The number of hydrogen-bond donors (Lipinski definition) is 8. The monoisotopic (exact) mass is 565 g/mol. The lowest BCUT2D eigenvalue weighted by Gasteiger charge is -2.23. The highest BCUT2D eigenvalue weighted by atomic mass is 16.4. The molecule has 0 radical (unpaired) electrons. The van der Waals surface area contributed by atoms with Crippen molar-refractivity contribution in [2.75, 3.05) is 36.6 Å². The van der Waals surface area contributed by atoms with Crippen molar-refractivity contribution in [1.29, 1.82) is 0 Å². The van der Waals surface area contributed by atoms with E-state index in [1.165, 1.54) is 12.3 Å². The third-order valence-electron chi connectivity index (χ3n) is 4.25. The highest BCUT2D eigenvalue weighted by Gasteiger charge is 2.34. The van der Waals surface area contributed by atoms with Gasteiger partial charge in [0, 0.05) is 85.1 Å². The molecule has 1 aromatic carbocycles. The highest BCUT2D eigenvalue weighted by molar-refractivity contribution is 6.31. The molecular weight excluding hydrogens is 530 g/mol. The Morgan fingerprint density at radius 3 is 1.45 bits per heavy atom. The quantitative estimate of drug-likeness (QED) is 0.150. The number of carboxylic acid groups (broad SMARTS) is 4. The van der Waals surface area contributed by atoms with Gasteiger partial charge in [-0.05, 0) is 18.2 Å². The van der Waals surface area contributed by atoms with E-state index in [0.29, 0.717) is 24.3 Å². The lowest BCUT2D eigenvalue weighted by atomic mass is 9.83. The fourth-order valence-electron chi connectivity index (χ4n) is 2.82. The number of nitrogens with two attached hydrogens (primary N) is 2. The standard InChI is InChI=1S/C17H19N5O2.2C4H4O4/c18-4-7-21-12-1-2-13(22-8-5-19)15-14(12)16(23)10-3-6-20-9-11(10)17(15)24;2*5-3(6)1-2-4(7)8/h1-3,6,9,21-22H,4-5,7-8,18-19H2;2*1-2H,(H,5,6)(H,7,8)/b;2*2-1-/i4D2,5D2,7D2,8D2;;. The molecular formula is C25H27N5O10. The molecule has 0 atom stereocenters. The number of carboxylic acids is 4. The molecule has 2 aromatic rings. The number of fused-ring (bicyclic) bond motifs is 2. The topological polar surface area (TPSA) is 272 Å². The summed E-state index contributed by atoms with van der Waals surface area (Å²) in [5.74, 6) is -6.51. The van der Waals surface area contributed by atoms with E-state index in [9.17, 15) is 28.8 Å². The van der Waals surface area contributed by atoms with Gasteiger partial charge in [-0.1, -0.05) is 0 Å². The number of benzene rings is 1. The number of pyridine rings is 1. The molecule has 212 valence electrons. The van der Waals surface area contributed by atoms with Crippen molar-refractivity contribution < 1.29 is 60.2 Å². The fraction of sp³-hybridized carbons (Fsp3) is 0.160. The molecule has 1 aromatic heterocycles. The fourth-order valence-corrected chi connectivity index (χ4v) is 2.82. The zero-order chi connectivity index (χ0) is 37.4. The van der Waals surface area contributed by atoms with Gasteiger partial charge in [0.25, 0.3) is 0 Å². The molecule has 0 amide bonds. The second kappa shape index (κ2) is 16.4. The van der Waals surface area contributed by atoms with E-state index in [0.717, 1.165) is 18.3 Å². The van der Waals surface area contributed by atoms with E-state index in [1.807, 2.05) is 0 Å². The predicted molar refractivity (Wildman–Crippen MR) is 141 cm³/mol. The van der Waals surface area contributed by atoms with Gasteiger partial charge in [-0.25, -0.2) is 19.2 Å². The van der Waals surface area contributed by atoms with Gasteiger partial charge in [0.05, 0.1) is 22.2 Å². The highest BCUT2D eigenvalue weighted by Crippen LogP contribution is 2.36. The average Bonchev–Trinajstić information content (AvgIpc) is 2.93. The number of nitrogens with zero attached hydrogens (tertiary/aromatic N) is 1. The maximum atomic E-state index is 13.2. The molecule has 1 aliphatic rings. The van der Waals surface area contributed by atoms with Crippen LogP contribution in [0.5, 0.6) is 0 Å². The van der Waals surface area contributed by atoms with E-state index in [-0.39, 0.29) is 33.6 Å². The number of hydrogen-bond acceptors (Lipinski definition) is 11. The molecule has 0 fully saturated rings. The maximum absolute atomic E-state index is 13.2. The lowest BCUT2D eigenvalue weighted by Crippen LogP contribution is -2.26. The zero-order valence-corrected chi connectivity index (χ0v) is 20.0. The van der Waals surface area contributed by atoms with Crippen LogP contribution >= 0.6 is 0 Å². The molecule has 1 aliphatic carbocycles. The Bertz CT molecular complexity index is 1520. The van der Waals surface area contributed by atoms with E-state index >= 15 is 0 Å². The maximum Gasteiger partial charge on any atom is 0.328 e. The van der Waals surface area contributed by atoms with Crippen LogP contribution in [0.1, 0.15) is 42.8 Å². The summed E-state index contributed by atoms with van der Waals surface area (Å²) in [4.78, 5) is 68.5. The first-order valence-corrected chi connectivity index (χ1v) is 10.4. The molecule has 0 unspecified atom stereocenters. The Balaban J connectivity index is 0.000000594. The molecule has 3 rings (SSSR count). The van der Waals surface area contributed by atoms with Crippen molar-refractivity contribution in [2.24, 2.45) is 11.5 Å². The molecule has 0 saturated heterocycles. The summed E-state index contributed by atoms with van der Waals surface area (Å²) in [5, 5.41) is 35.7. The molecule has 0 saturated carbocycles. The Labute approximate surface area is 238 Å². The van der Waals surface area contributed by atoms with E-state index in [4.69, 9.17) is 42.9 Å². The number of rotatable bonds is 10. The predicted octanol–water partition coefficient (Wildman–Crippen LogP) is 0.0218. The summed E-state index contributed by atoms with van der Waals surface area (Å²) in [6.45, 7) is -11.5. The van der Waals surface area contributed by atoms with Gasteiger partial charge in [0.2, 0.25) is 0 Å². The van der Waals surface area contributed by atoms with Gasteiger partial charge in [0.1, 0.15) is 0 Å². The minimum atomic E-state index is -2.87. The van der Waals surface area contributed by atoms with Gasteiger partial charge in [-0.15, -0.1) is 0 Å². The molecule has 0 aliphatic heterocycles. The van der Waals surface area contributed by atoms with Crippen molar-refractivity contribution in [2.45, 2.75) is 0 Å². The number of aromatic nitrogens is 1. The van der Waals surface area contributed by atoms with Gasteiger partial charge < -0.3 is 42.5 Å². The van der Waals surface area contributed by atoms with Crippen LogP contribution in [0.25, 0.3) is 0 Å². The molecule has 15 nitrogen and oxygen atoms in total. The Morgan fingerprint density at radius 1 is 0.725 bits per heavy atom. The first-order chi connectivity index (χ1) is 21.7. The van der Waals surface area contributed by atoms with Crippen molar-refractivity contribution in [1.82, 2.24) is 4.98 Å². The van der Waals surface area contributed by atoms with Gasteiger partial charge in [0.15, 0.2) is 11.6 Å². The van der Waals surface area contributed by atoms with Crippen LogP contribution in [0.2, 0.25) is 0 Å². The molecule has 1 heterocycles. The summed E-state index contributed by atoms with van der Waals surface area (Å²) in [7, 11) is 0. The summed E-state index contributed by atoms with van der Waals surface area (Å²) >= 11 is 0. The van der Waals surface area contributed by atoms with E-state index < -0.39 is 61.4 Å². The number of nitrogens with one attached hydrogen (secondary N) is 2. The SMILES string of the molecule is O=C(O)/C=C\C(=O)O.O=C(O)/C=C\C(=O)O.[2H]C([2H])(N)C([2H])([2H])Nc1ccc(NC([2H])([2H])C([2H])([2H])N)c2c1C(=O)c1ccncc1C2=O. The van der Waals surface area contributed by atoms with Gasteiger partial charge >= 0.3 is 23.9 Å².